The fourth-order valence-corrected chi connectivity index (χ4v) is 1.59. The highest BCUT2D eigenvalue weighted by Crippen LogP contribution is 1.87. The molecule has 0 rings (SSSR count). The van der Waals surface area contributed by atoms with Gasteiger partial charge in [0.15, 0.2) is 5.96 Å². The number of halogens is 1. The van der Waals surface area contributed by atoms with Crippen molar-refractivity contribution in [1.29, 1.82) is 0 Å². The van der Waals surface area contributed by atoms with Crippen LogP contribution in [0.3, 0.4) is 0 Å². The molecule has 0 aromatic heterocycles. The largest absolute Gasteiger partial charge is 0.385 e. The molecule has 0 saturated carbocycles. The van der Waals surface area contributed by atoms with Gasteiger partial charge in [0.05, 0.1) is 0 Å². The first-order valence-corrected chi connectivity index (χ1v) is 7.52. The number of carbonyl (C=O) groups excluding carboxylic acids is 1. The Morgan fingerprint density at radius 3 is 2.52 bits per heavy atom. The van der Waals surface area contributed by atoms with Crippen LogP contribution >= 0.6 is 24.0 Å². The minimum Gasteiger partial charge on any atom is -0.385 e. The fourth-order valence-electron chi connectivity index (χ4n) is 1.59. The fraction of sp³-hybridized carbons (Fsp3) is 0.733. The molecule has 0 saturated heterocycles. The van der Waals surface area contributed by atoms with Gasteiger partial charge in [0.1, 0.15) is 6.54 Å². The van der Waals surface area contributed by atoms with Gasteiger partial charge in [-0.2, -0.15) is 0 Å². The zero-order valence-corrected chi connectivity index (χ0v) is 17.1. The highest BCUT2D eigenvalue weighted by molar-refractivity contribution is 14.0. The Balaban J connectivity index is 0. The van der Waals surface area contributed by atoms with E-state index in [1.807, 2.05) is 0 Å². The van der Waals surface area contributed by atoms with Crippen molar-refractivity contribution in [3.05, 3.63) is 12.7 Å². The normalized spacial score (nSPS) is 10.9. The van der Waals surface area contributed by atoms with Gasteiger partial charge in [-0.3, -0.25) is 4.79 Å². The summed E-state index contributed by atoms with van der Waals surface area (Å²) in [4.78, 5) is 19.6. The molecule has 23 heavy (non-hydrogen) atoms. The summed E-state index contributed by atoms with van der Waals surface area (Å²) in [6.45, 7) is 7.80. The van der Waals surface area contributed by atoms with Gasteiger partial charge in [0.25, 0.3) is 0 Å². The summed E-state index contributed by atoms with van der Waals surface area (Å²) in [7, 11) is 7.22. The first kappa shape index (κ1) is 24.4. The molecule has 7 nitrogen and oxygen atoms in total. The second-order valence-corrected chi connectivity index (χ2v) is 5.20. The zero-order chi connectivity index (χ0) is 16.8. The minimum atomic E-state index is -0.0311. The summed E-state index contributed by atoms with van der Waals surface area (Å²) in [6.07, 6.45) is 2.77. The van der Waals surface area contributed by atoms with Crippen LogP contribution in [0.1, 0.15) is 6.42 Å². The molecule has 0 aliphatic rings. The summed E-state index contributed by atoms with van der Waals surface area (Å²) in [5.74, 6) is 0.594. The van der Waals surface area contributed by atoms with E-state index in [9.17, 15) is 4.79 Å². The molecule has 2 N–H and O–H groups in total. The number of hydrogen-bond donors (Lipinski definition) is 2. The van der Waals surface area contributed by atoms with Crippen LogP contribution in [0.15, 0.2) is 17.6 Å². The van der Waals surface area contributed by atoms with E-state index in [0.717, 1.165) is 32.7 Å². The Morgan fingerprint density at radius 1 is 1.26 bits per heavy atom. The number of carbonyl (C=O) groups is 1. The van der Waals surface area contributed by atoms with Crippen LogP contribution in [0.5, 0.6) is 0 Å². The van der Waals surface area contributed by atoms with Crippen LogP contribution < -0.4 is 10.6 Å². The molecule has 1 amide bonds. The Kier molecular flexibility index (Phi) is 17.0. The Hall–Kier alpha value is -0.870. The van der Waals surface area contributed by atoms with Crippen LogP contribution in [-0.4, -0.2) is 89.3 Å². The molecule has 0 aromatic carbocycles. The summed E-state index contributed by atoms with van der Waals surface area (Å²) in [6, 6.07) is 0. The van der Waals surface area contributed by atoms with Crippen LogP contribution in [0.4, 0.5) is 0 Å². The summed E-state index contributed by atoms with van der Waals surface area (Å²) in [5.41, 5.74) is 0. The van der Waals surface area contributed by atoms with Crippen molar-refractivity contribution in [2.45, 2.75) is 6.42 Å². The van der Waals surface area contributed by atoms with E-state index in [0.29, 0.717) is 12.5 Å². The smallest absolute Gasteiger partial charge is 0.243 e. The van der Waals surface area contributed by atoms with Crippen molar-refractivity contribution in [1.82, 2.24) is 20.4 Å². The molecule has 0 heterocycles. The first-order chi connectivity index (χ1) is 10.5. The molecule has 0 aliphatic carbocycles. The quantitative estimate of drug-likeness (QED) is 0.160. The second-order valence-electron chi connectivity index (χ2n) is 5.20. The molecule has 0 fully saturated rings. The second kappa shape index (κ2) is 16.0. The number of ether oxygens (including phenoxy) is 1. The Bertz CT molecular complexity index is 351. The van der Waals surface area contributed by atoms with E-state index in [2.05, 4.69) is 34.2 Å². The third-order valence-corrected chi connectivity index (χ3v) is 2.96. The van der Waals surface area contributed by atoms with E-state index < -0.39 is 0 Å². The molecule has 0 unspecified atom stereocenters. The lowest BCUT2D eigenvalue weighted by Gasteiger charge is -2.18. The summed E-state index contributed by atoms with van der Waals surface area (Å²) in [5, 5.41) is 6.32. The van der Waals surface area contributed by atoms with Crippen molar-refractivity contribution >= 4 is 35.8 Å². The van der Waals surface area contributed by atoms with E-state index in [1.54, 1.807) is 27.3 Å². The SMILES string of the molecule is C=CCNC(=NCC(=O)N(C)C)NCCN(C)CCCOC.I. The average molecular weight is 441 g/mol. The highest BCUT2D eigenvalue weighted by atomic mass is 127. The highest BCUT2D eigenvalue weighted by Gasteiger charge is 2.04. The van der Waals surface area contributed by atoms with E-state index in [4.69, 9.17) is 4.74 Å². The van der Waals surface area contributed by atoms with E-state index in [-0.39, 0.29) is 36.4 Å². The van der Waals surface area contributed by atoms with Gasteiger partial charge in [-0.15, -0.1) is 30.6 Å². The molecule has 0 atom stereocenters. The van der Waals surface area contributed by atoms with Crippen molar-refractivity contribution in [2.75, 3.05) is 67.6 Å². The molecule has 8 heteroatoms. The molecule has 0 aromatic rings. The van der Waals surface area contributed by atoms with Gasteiger partial charge in [-0.25, -0.2) is 4.99 Å². The first-order valence-electron chi connectivity index (χ1n) is 7.52. The van der Waals surface area contributed by atoms with E-state index in [1.165, 1.54) is 4.90 Å². The standard InChI is InChI=1S/C15H31N5O2.HI/c1-6-8-16-15(18-13-14(21)19(2)3)17-9-11-20(4)10-7-12-22-5;/h6H,1,7-13H2,2-5H3,(H2,16,17,18);1H. The summed E-state index contributed by atoms with van der Waals surface area (Å²) >= 11 is 0. The van der Waals surface area contributed by atoms with Crippen LogP contribution in [-0.2, 0) is 9.53 Å². The van der Waals surface area contributed by atoms with Crippen molar-refractivity contribution < 1.29 is 9.53 Å². The maximum absolute atomic E-state index is 11.6. The molecule has 0 spiro atoms. The number of aliphatic imine (C=N–C) groups is 1. The van der Waals surface area contributed by atoms with Gasteiger partial charge in [0.2, 0.25) is 5.91 Å². The van der Waals surface area contributed by atoms with Gasteiger partial charge in [-0.1, -0.05) is 6.08 Å². The number of amides is 1. The topological polar surface area (TPSA) is 69.2 Å². The number of rotatable bonds is 11. The van der Waals surface area contributed by atoms with Gasteiger partial charge in [0, 0.05) is 54.0 Å². The minimum absolute atomic E-state index is 0. The van der Waals surface area contributed by atoms with Crippen molar-refractivity contribution in [3.8, 4) is 0 Å². The number of nitrogens with zero attached hydrogens (tertiary/aromatic N) is 3. The predicted octanol–water partition coefficient (Wildman–Crippen LogP) is 0.382. The monoisotopic (exact) mass is 441 g/mol. The number of hydrogen-bond acceptors (Lipinski definition) is 4. The molecule has 0 radical (unpaired) electrons. The Labute approximate surface area is 157 Å². The van der Waals surface area contributed by atoms with Crippen LogP contribution in [0, 0.1) is 0 Å². The predicted molar refractivity (Wildman–Crippen MR) is 107 cm³/mol. The third kappa shape index (κ3) is 14.5. The van der Waals surface area contributed by atoms with Crippen LogP contribution in [0.25, 0.3) is 0 Å². The molecular weight excluding hydrogens is 409 g/mol. The lowest BCUT2D eigenvalue weighted by atomic mass is 10.4. The molecule has 0 bridgehead atoms. The molecule has 0 aliphatic heterocycles. The Morgan fingerprint density at radius 2 is 1.96 bits per heavy atom. The maximum atomic E-state index is 11.6. The van der Waals surface area contributed by atoms with Crippen LogP contribution in [0.2, 0.25) is 0 Å². The molecule has 136 valence electrons. The molecular formula is C15H32IN5O2. The van der Waals surface area contributed by atoms with Crippen molar-refractivity contribution in [2.24, 2.45) is 4.99 Å². The average Bonchev–Trinajstić information content (AvgIpc) is 2.49. The number of nitrogens with one attached hydrogen (secondary N) is 2. The summed E-state index contributed by atoms with van der Waals surface area (Å²) < 4.78 is 5.04. The number of likely N-dealkylation sites (N-methyl/N-ethyl adjacent to an activating group) is 2. The third-order valence-electron chi connectivity index (χ3n) is 2.96. The number of guanidine groups is 1. The lowest BCUT2D eigenvalue weighted by molar-refractivity contribution is -0.127. The number of methoxy groups -OCH3 is 1. The maximum Gasteiger partial charge on any atom is 0.243 e. The zero-order valence-electron chi connectivity index (χ0n) is 14.8. The van der Waals surface area contributed by atoms with Gasteiger partial charge in [-0.05, 0) is 13.5 Å². The van der Waals surface area contributed by atoms with E-state index >= 15 is 0 Å². The van der Waals surface area contributed by atoms with Gasteiger partial charge >= 0.3 is 0 Å². The lowest BCUT2D eigenvalue weighted by Crippen LogP contribution is -2.42. The van der Waals surface area contributed by atoms with Gasteiger partial charge < -0.3 is 25.2 Å². The van der Waals surface area contributed by atoms with Crippen molar-refractivity contribution in [3.63, 3.8) is 0 Å².